The number of hydrogen-bond acceptors (Lipinski definition) is 8. The van der Waals surface area contributed by atoms with Crippen molar-refractivity contribution in [1.29, 1.82) is 0 Å². The van der Waals surface area contributed by atoms with E-state index < -0.39 is 59.7 Å². The second-order valence-electron chi connectivity index (χ2n) is 13.1. The zero-order valence-corrected chi connectivity index (χ0v) is 30.1. The fourth-order valence-corrected chi connectivity index (χ4v) is 5.93. The molecule has 0 bridgehead atoms. The second-order valence-corrected chi connectivity index (χ2v) is 13.1. The summed E-state index contributed by atoms with van der Waals surface area (Å²) in [4.78, 5) is 77.2. The van der Waals surface area contributed by atoms with Crippen LogP contribution >= 0.6 is 0 Å². The molecule has 3 aromatic rings. The van der Waals surface area contributed by atoms with E-state index in [0.29, 0.717) is 5.56 Å². The van der Waals surface area contributed by atoms with E-state index in [4.69, 9.17) is 22.9 Å². The van der Waals surface area contributed by atoms with Crippen molar-refractivity contribution in [3.05, 3.63) is 77.9 Å². The molecule has 5 atom stereocenters. The first kappa shape index (κ1) is 40.4. The number of guanidine groups is 2. The maximum absolute atomic E-state index is 14.0. The van der Waals surface area contributed by atoms with Crippen LogP contribution in [0, 0.1) is 0 Å². The molecule has 1 heterocycles. The Labute approximate surface area is 312 Å². The van der Waals surface area contributed by atoms with Crippen LogP contribution in [-0.2, 0) is 36.8 Å². The van der Waals surface area contributed by atoms with Gasteiger partial charge in [-0.2, -0.15) is 0 Å². The number of nitrogens with zero attached hydrogens (tertiary/aromatic N) is 2. The van der Waals surface area contributed by atoms with E-state index in [1.807, 2.05) is 42.5 Å². The van der Waals surface area contributed by atoms with Crippen molar-refractivity contribution in [1.82, 2.24) is 26.6 Å². The van der Waals surface area contributed by atoms with Gasteiger partial charge in [-0.05, 0) is 66.6 Å². The Bertz CT molecular complexity index is 1860. The highest BCUT2D eigenvalue weighted by Gasteiger charge is 2.33. The van der Waals surface area contributed by atoms with Crippen LogP contribution in [0.15, 0.2) is 76.7 Å². The first-order valence-corrected chi connectivity index (χ1v) is 17.7. The van der Waals surface area contributed by atoms with Gasteiger partial charge in [-0.15, -0.1) is 0 Å². The van der Waals surface area contributed by atoms with Crippen molar-refractivity contribution in [2.45, 2.75) is 75.7 Å². The summed E-state index contributed by atoms with van der Waals surface area (Å²) < 4.78 is 0. The van der Waals surface area contributed by atoms with Gasteiger partial charge in [-0.3, -0.25) is 34.0 Å². The molecule has 0 spiro atoms. The van der Waals surface area contributed by atoms with Crippen LogP contribution in [0.25, 0.3) is 10.8 Å². The van der Waals surface area contributed by atoms with Crippen LogP contribution in [0.5, 0.6) is 5.75 Å². The van der Waals surface area contributed by atoms with E-state index in [2.05, 4.69) is 36.6 Å². The maximum Gasteiger partial charge on any atom is 0.243 e. The highest BCUT2D eigenvalue weighted by molar-refractivity contribution is 5.98. The number of carbonyl (C=O) groups excluding carboxylic acids is 5. The Balaban J connectivity index is 1.71. The molecule has 0 saturated carbocycles. The zero-order chi connectivity index (χ0) is 39.2. The molecule has 0 radical (unpaired) electrons. The third-order valence-corrected chi connectivity index (χ3v) is 8.80. The van der Waals surface area contributed by atoms with Crippen LogP contribution < -0.4 is 49.5 Å². The van der Waals surface area contributed by atoms with Crippen molar-refractivity contribution in [2.75, 3.05) is 13.1 Å². The lowest BCUT2D eigenvalue weighted by Crippen LogP contribution is -2.58. The monoisotopic (exact) mass is 743 g/mol. The summed E-state index contributed by atoms with van der Waals surface area (Å²) in [5, 5.41) is 25.3. The Hall–Kier alpha value is -6.39. The Morgan fingerprint density at radius 3 is 1.57 bits per heavy atom. The van der Waals surface area contributed by atoms with Crippen LogP contribution in [0.4, 0.5) is 0 Å². The number of phenols is 1. The van der Waals surface area contributed by atoms with Gasteiger partial charge >= 0.3 is 0 Å². The normalized spacial score (nSPS) is 21.3. The molecule has 288 valence electrons. The molecule has 1 fully saturated rings. The van der Waals surface area contributed by atoms with E-state index in [1.54, 1.807) is 12.1 Å². The van der Waals surface area contributed by atoms with Gasteiger partial charge in [-0.1, -0.05) is 54.6 Å². The van der Waals surface area contributed by atoms with Crippen molar-refractivity contribution in [3.63, 3.8) is 0 Å². The molecule has 17 heteroatoms. The number of carbonyl (C=O) groups is 5. The minimum absolute atomic E-state index is 0.0115. The number of rotatable bonds is 12. The Morgan fingerprint density at radius 2 is 1.02 bits per heavy atom. The van der Waals surface area contributed by atoms with E-state index in [0.717, 1.165) is 16.3 Å². The van der Waals surface area contributed by atoms with Gasteiger partial charge in [0.1, 0.15) is 36.0 Å². The molecule has 0 unspecified atom stereocenters. The SMILES string of the molecule is C[C@H]1NC(=O)[C@H](Cc2ccc3ccccc3c2)NC(=O)[C@H](CCCN=C(N)N)NC(=O)[C@H](CCCN=C(N)N)NC(=O)[C@@H](Cc2ccc(O)cc2)NC1=O. The van der Waals surface area contributed by atoms with Gasteiger partial charge in [0.25, 0.3) is 0 Å². The first-order valence-electron chi connectivity index (χ1n) is 17.7. The average Bonchev–Trinajstić information content (AvgIpc) is 3.13. The Morgan fingerprint density at radius 1 is 0.574 bits per heavy atom. The van der Waals surface area contributed by atoms with Gasteiger partial charge in [0.05, 0.1) is 0 Å². The molecular formula is C37H49N11O6. The summed E-state index contributed by atoms with van der Waals surface area (Å²) in [7, 11) is 0. The first-order chi connectivity index (χ1) is 25.8. The number of fused-ring (bicyclic) bond motifs is 1. The standard InChI is InChI=1S/C37H49N11O6/c1-21-31(50)47-29(19-22-11-14-26(49)15-12-22)35(54)46-27(8-4-16-42-36(38)39)32(51)45-28(9-5-17-43-37(40)41)33(52)48-30(34(53)44-21)20-23-10-13-24-6-2-3-7-25(24)18-23/h2-3,6-7,10-15,18,21,27-30,49H,4-5,8-9,16-17,19-20H2,1H3,(H,44,53)(H,45,51)(H,46,54)(H,47,50)(H,48,52)(H4,38,39,42)(H4,40,41,43)/t21-,27+,28+,29-,30+/m1/s1. The maximum atomic E-state index is 14.0. The van der Waals surface area contributed by atoms with Crippen LogP contribution in [0.1, 0.15) is 43.7 Å². The van der Waals surface area contributed by atoms with Gasteiger partial charge < -0.3 is 54.6 Å². The van der Waals surface area contributed by atoms with Crippen molar-refractivity contribution < 1.29 is 29.1 Å². The van der Waals surface area contributed by atoms with Gasteiger partial charge in [0.15, 0.2) is 11.9 Å². The zero-order valence-electron chi connectivity index (χ0n) is 30.1. The third kappa shape index (κ3) is 12.4. The van der Waals surface area contributed by atoms with E-state index in [1.165, 1.54) is 19.1 Å². The second kappa shape index (κ2) is 19.4. The van der Waals surface area contributed by atoms with Crippen molar-refractivity contribution in [2.24, 2.45) is 32.9 Å². The molecule has 1 aliphatic rings. The summed E-state index contributed by atoms with van der Waals surface area (Å²) in [6.07, 6.45) is 0.742. The number of nitrogens with two attached hydrogens (primary N) is 4. The summed E-state index contributed by atoms with van der Waals surface area (Å²) in [5.74, 6) is -3.67. The van der Waals surface area contributed by atoms with E-state index in [-0.39, 0.29) is 69.3 Å². The number of phenolic OH excluding ortho intramolecular Hbond substituents is 1. The molecule has 17 nitrogen and oxygen atoms in total. The topological polar surface area (TPSA) is 295 Å². The molecule has 0 aromatic heterocycles. The lowest BCUT2D eigenvalue weighted by molar-refractivity contribution is -0.134. The van der Waals surface area contributed by atoms with E-state index in [9.17, 15) is 29.1 Å². The van der Waals surface area contributed by atoms with Gasteiger partial charge in [-0.25, -0.2) is 0 Å². The molecule has 1 aliphatic heterocycles. The summed E-state index contributed by atoms with van der Waals surface area (Å²) >= 11 is 0. The van der Waals surface area contributed by atoms with Crippen LogP contribution in [0.3, 0.4) is 0 Å². The van der Waals surface area contributed by atoms with Crippen LogP contribution in [0.2, 0.25) is 0 Å². The highest BCUT2D eigenvalue weighted by Crippen LogP contribution is 2.18. The van der Waals surface area contributed by atoms with Crippen LogP contribution in [-0.4, -0.2) is 89.9 Å². The molecule has 1 saturated heterocycles. The van der Waals surface area contributed by atoms with Crippen molar-refractivity contribution >= 4 is 52.2 Å². The summed E-state index contributed by atoms with van der Waals surface area (Å²) in [6, 6.07) is 13.6. The number of aliphatic imine (C=N–C) groups is 2. The number of nitrogens with one attached hydrogen (secondary N) is 5. The lowest BCUT2D eigenvalue weighted by atomic mass is 10.00. The highest BCUT2D eigenvalue weighted by atomic mass is 16.3. The van der Waals surface area contributed by atoms with Gasteiger partial charge in [0, 0.05) is 25.9 Å². The van der Waals surface area contributed by atoms with E-state index >= 15 is 0 Å². The largest absolute Gasteiger partial charge is 0.508 e. The summed E-state index contributed by atoms with van der Waals surface area (Å²) in [6.45, 7) is 1.77. The minimum Gasteiger partial charge on any atom is -0.508 e. The van der Waals surface area contributed by atoms with Gasteiger partial charge in [0.2, 0.25) is 29.5 Å². The van der Waals surface area contributed by atoms with Crippen molar-refractivity contribution in [3.8, 4) is 5.75 Å². The molecule has 5 amide bonds. The number of benzene rings is 3. The molecule has 4 rings (SSSR count). The number of aromatic hydroxyl groups is 1. The molecule has 0 aliphatic carbocycles. The quantitative estimate of drug-likeness (QED) is 0.0607. The fraction of sp³-hybridized carbons (Fsp3) is 0.378. The smallest absolute Gasteiger partial charge is 0.243 e. The number of amides is 5. The predicted molar refractivity (Wildman–Crippen MR) is 205 cm³/mol. The lowest BCUT2D eigenvalue weighted by Gasteiger charge is -2.26. The third-order valence-electron chi connectivity index (χ3n) is 8.80. The summed E-state index contributed by atoms with van der Waals surface area (Å²) in [5.41, 5.74) is 23.2. The molecule has 54 heavy (non-hydrogen) atoms. The Kier molecular flexibility index (Phi) is 14.5. The minimum atomic E-state index is -1.21. The predicted octanol–water partition coefficient (Wildman–Crippen LogP) is -1.10. The number of hydrogen-bond donors (Lipinski definition) is 10. The molecular weight excluding hydrogens is 694 g/mol. The molecule has 3 aromatic carbocycles. The fourth-order valence-electron chi connectivity index (χ4n) is 5.93. The average molecular weight is 744 g/mol. The molecule has 14 N–H and O–H groups in total.